The molecule has 0 radical (unpaired) electrons. The molecular formula is C21H17BrCl2FNO2. The van der Waals surface area contributed by atoms with E-state index in [-0.39, 0.29) is 5.82 Å². The van der Waals surface area contributed by atoms with E-state index in [0.29, 0.717) is 34.7 Å². The van der Waals surface area contributed by atoms with Crippen molar-refractivity contribution < 1.29 is 13.9 Å². The monoisotopic (exact) mass is 483 g/mol. The van der Waals surface area contributed by atoms with Gasteiger partial charge in [0.1, 0.15) is 12.4 Å². The van der Waals surface area contributed by atoms with Crippen molar-refractivity contribution in [2.24, 2.45) is 0 Å². The van der Waals surface area contributed by atoms with Crippen molar-refractivity contribution in [2.75, 3.05) is 12.4 Å². The number of halogens is 4. The van der Waals surface area contributed by atoms with E-state index in [1.807, 2.05) is 18.2 Å². The predicted molar refractivity (Wildman–Crippen MR) is 115 cm³/mol. The highest BCUT2D eigenvalue weighted by Gasteiger charge is 2.11. The molecule has 3 aromatic carbocycles. The van der Waals surface area contributed by atoms with Crippen LogP contribution in [0.15, 0.2) is 59.1 Å². The Balaban J connectivity index is 1.71. The molecule has 7 heteroatoms. The maximum Gasteiger partial charge on any atom is 0.162 e. The zero-order valence-corrected chi connectivity index (χ0v) is 18.0. The number of rotatable bonds is 7. The molecule has 3 aromatic rings. The van der Waals surface area contributed by atoms with Crippen LogP contribution in [0.25, 0.3) is 0 Å². The lowest BCUT2D eigenvalue weighted by Crippen LogP contribution is -2.03. The molecule has 146 valence electrons. The number of hydrogen-bond donors (Lipinski definition) is 1. The Labute approximate surface area is 181 Å². The van der Waals surface area contributed by atoms with Crippen LogP contribution in [0, 0.1) is 5.82 Å². The topological polar surface area (TPSA) is 30.5 Å². The summed E-state index contributed by atoms with van der Waals surface area (Å²) in [5.41, 5.74) is 2.70. The number of methoxy groups -OCH3 is 1. The van der Waals surface area contributed by atoms with Crippen molar-refractivity contribution in [3.8, 4) is 11.5 Å². The molecule has 1 N–H and O–H groups in total. The molecule has 0 aliphatic carbocycles. The van der Waals surface area contributed by atoms with E-state index in [1.165, 1.54) is 12.1 Å². The third kappa shape index (κ3) is 5.31. The first-order chi connectivity index (χ1) is 13.5. The standard InChI is InChI=1S/C21H17BrCl2FNO2/c1-27-20-9-14(11-26-16-5-3-15(25)4-6-16)17(22)10-21(20)28-12-13-2-7-18(23)19(24)8-13/h2-10,26H,11-12H2,1H3. The second-order valence-electron chi connectivity index (χ2n) is 5.99. The summed E-state index contributed by atoms with van der Waals surface area (Å²) in [5.74, 6) is 0.946. The van der Waals surface area contributed by atoms with Gasteiger partial charge in [0.2, 0.25) is 0 Å². The van der Waals surface area contributed by atoms with Gasteiger partial charge in [0.05, 0.1) is 17.2 Å². The quantitative estimate of drug-likeness (QED) is 0.388. The molecule has 3 rings (SSSR count). The van der Waals surface area contributed by atoms with Crippen molar-refractivity contribution in [3.63, 3.8) is 0 Å². The van der Waals surface area contributed by atoms with Crippen LogP contribution in [-0.4, -0.2) is 7.11 Å². The summed E-state index contributed by atoms with van der Waals surface area (Å²) in [6, 6.07) is 15.3. The van der Waals surface area contributed by atoms with Gasteiger partial charge in [0, 0.05) is 16.7 Å². The SMILES string of the molecule is COc1cc(CNc2ccc(F)cc2)c(Br)cc1OCc1ccc(Cl)c(Cl)c1. The van der Waals surface area contributed by atoms with Gasteiger partial charge in [-0.3, -0.25) is 0 Å². The number of nitrogens with one attached hydrogen (secondary N) is 1. The molecule has 3 nitrogen and oxygen atoms in total. The normalized spacial score (nSPS) is 10.6. The first-order valence-corrected chi connectivity index (χ1v) is 9.93. The van der Waals surface area contributed by atoms with E-state index in [0.717, 1.165) is 21.3 Å². The molecule has 0 unspecified atom stereocenters. The minimum absolute atomic E-state index is 0.267. The Bertz CT molecular complexity index is 967. The smallest absolute Gasteiger partial charge is 0.162 e. The van der Waals surface area contributed by atoms with Gasteiger partial charge in [-0.25, -0.2) is 4.39 Å². The second kappa shape index (κ2) is 9.50. The molecule has 0 saturated carbocycles. The minimum atomic E-state index is -0.267. The van der Waals surface area contributed by atoms with Crippen LogP contribution in [0.4, 0.5) is 10.1 Å². The van der Waals surface area contributed by atoms with E-state index < -0.39 is 0 Å². The molecule has 0 bridgehead atoms. The Hall–Kier alpha value is -1.95. The summed E-state index contributed by atoms with van der Waals surface area (Å²) >= 11 is 15.6. The van der Waals surface area contributed by atoms with Crippen molar-refractivity contribution in [3.05, 3.63) is 86.1 Å². The average molecular weight is 485 g/mol. The maximum absolute atomic E-state index is 13.0. The second-order valence-corrected chi connectivity index (χ2v) is 7.66. The van der Waals surface area contributed by atoms with Gasteiger partial charge in [-0.15, -0.1) is 0 Å². The molecular weight excluding hydrogens is 468 g/mol. The van der Waals surface area contributed by atoms with Crippen LogP contribution in [0.2, 0.25) is 10.0 Å². The zero-order chi connectivity index (χ0) is 20.1. The molecule has 0 heterocycles. The van der Waals surface area contributed by atoms with Gasteiger partial charge >= 0.3 is 0 Å². The average Bonchev–Trinajstić information content (AvgIpc) is 2.69. The van der Waals surface area contributed by atoms with Crippen LogP contribution in [0.5, 0.6) is 11.5 Å². The molecule has 0 aromatic heterocycles. The Morgan fingerprint density at radius 1 is 0.964 bits per heavy atom. The summed E-state index contributed by atoms with van der Waals surface area (Å²) in [4.78, 5) is 0. The van der Waals surface area contributed by atoms with Crippen LogP contribution in [0.3, 0.4) is 0 Å². The zero-order valence-electron chi connectivity index (χ0n) is 14.9. The molecule has 0 spiro atoms. The number of anilines is 1. The van der Waals surface area contributed by atoms with Crippen LogP contribution in [-0.2, 0) is 13.2 Å². The van der Waals surface area contributed by atoms with E-state index in [2.05, 4.69) is 21.2 Å². The highest BCUT2D eigenvalue weighted by molar-refractivity contribution is 9.10. The van der Waals surface area contributed by atoms with Crippen molar-refractivity contribution >= 4 is 44.8 Å². The first kappa shape index (κ1) is 20.8. The highest BCUT2D eigenvalue weighted by atomic mass is 79.9. The maximum atomic E-state index is 13.0. The van der Waals surface area contributed by atoms with Crippen molar-refractivity contribution in [2.45, 2.75) is 13.2 Å². The van der Waals surface area contributed by atoms with Gasteiger partial charge in [0.25, 0.3) is 0 Å². The van der Waals surface area contributed by atoms with E-state index in [4.69, 9.17) is 32.7 Å². The molecule has 0 aliphatic rings. The van der Waals surface area contributed by atoms with Crippen molar-refractivity contribution in [1.29, 1.82) is 0 Å². The molecule has 0 fully saturated rings. The van der Waals surface area contributed by atoms with Crippen LogP contribution < -0.4 is 14.8 Å². The largest absolute Gasteiger partial charge is 0.493 e. The Morgan fingerprint density at radius 2 is 1.71 bits per heavy atom. The molecule has 0 saturated heterocycles. The molecule has 28 heavy (non-hydrogen) atoms. The fraction of sp³-hybridized carbons (Fsp3) is 0.143. The van der Waals surface area contributed by atoms with E-state index >= 15 is 0 Å². The molecule has 0 aliphatic heterocycles. The number of hydrogen-bond acceptors (Lipinski definition) is 3. The van der Waals surface area contributed by atoms with Crippen molar-refractivity contribution in [1.82, 2.24) is 0 Å². The Kier molecular flexibility index (Phi) is 7.05. The minimum Gasteiger partial charge on any atom is -0.493 e. The van der Waals surface area contributed by atoms with Gasteiger partial charge < -0.3 is 14.8 Å². The predicted octanol–water partition coefficient (Wildman–Crippen LogP) is 7.09. The fourth-order valence-electron chi connectivity index (χ4n) is 2.54. The number of benzene rings is 3. The van der Waals surface area contributed by atoms with Crippen LogP contribution in [0.1, 0.15) is 11.1 Å². The lowest BCUT2D eigenvalue weighted by atomic mass is 10.2. The Morgan fingerprint density at radius 3 is 2.39 bits per heavy atom. The summed E-state index contributed by atoms with van der Waals surface area (Å²) < 4.78 is 25.3. The molecule has 0 amide bonds. The van der Waals surface area contributed by atoms with Gasteiger partial charge in [-0.2, -0.15) is 0 Å². The summed E-state index contributed by atoms with van der Waals surface area (Å²) in [6.07, 6.45) is 0. The van der Waals surface area contributed by atoms with Crippen LogP contribution >= 0.6 is 39.1 Å². The lowest BCUT2D eigenvalue weighted by Gasteiger charge is -2.15. The number of ether oxygens (including phenoxy) is 2. The van der Waals surface area contributed by atoms with Gasteiger partial charge in [0.15, 0.2) is 11.5 Å². The van der Waals surface area contributed by atoms with Gasteiger partial charge in [-0.1, -0.05) is 45.2 Å². The third-order valence-corrected chi connectivity index (χ3v) is 5.52. The van der Waals surface area contributed by atoms with E-state index in [9.17, 15) is 4.39 Å². The first-order valence-electron chi connectivity index (χ1n) is 8.39. The third-order valence-electron chi connectivity index (χ3n) is 4.04. The lowest BCUT2D eigenvalue weighted by molar-refractivity contribution is 0.284. The fourth-order valence-corrected chi connectivity index (χ4v) is 3.32. The summed E-state index contributed by atoms with van der Waals surface area (Å²) in [5, 5.41) is 4.24. The highest BCUT2D eigenvalue weighted by Crippen LogP contribution is 2.35. The molecule has 0 atom stereocenters. The summed E-state index contributed by atoms with van der Waals surface area (Å²) in [7, 11) is 1.59. The summed E-state index contributed by atoms with van der Waals surface area (Å²) in [6.45, 7) is 0.864. The van der Waals surface area contributed by atoms with E-state index in [1.54, 1.807) is 31.4 Å². The van der Waals surface area contributed by atoms with Gasteiger partial charge in [-0.05, 0) is 59.7 Å².